The van der Waals surface area contributed by atoms with Crippen LogP contribution in [0.5, 0.6) is 0 Å². The van der Waals surface area contributed by atoms with Gasteiger partial charge in [-0.2, -0.15) is 0 Å². The number of aromatic amines is 1. The van der Waals surface area contributed by atoms with Crippen LogP contribution in [0.3, 0.4) is 0 Å². The van der Waals surface area contributed by atoms with E-state index >= 15 is 0 Å². The highest BCUT2D eigenvalue weighted by molar-refractivity contribution is 5.22. The monoisotopic (exact) mass is 222 g/mol. The van der Waals surface area contributed by atoms with Gasteiger partial charge in [0.05, 0.1) is 24.2 Å². The summed E-state index contributed by atoms with van der Waals surface area (Å²) in [5, 5.41) is 3.55. The average Bonchev–Trinajstić information content (AvgIpc) is 2.98. The van der Waals surface area contributed by atoms with Gasteiger partial charge in [-0.3, -0.25) is 0 Å². The van der Waals surface area contributed by atoms with Crippen LogP contribution < -0.4 is 11.1 Å². The van der Waals surface area contributed by atoms with Crippen LogP contribution in [0.2, 0.25) is 0 Å². The van der Waals surface area contributed by atoms with Gasteiger partial charge in [0.1, 0.15) is 0 Å². The predicted octanol–water partition coefficient (Wildman–Crippen LogP) is 0.103. The molecule has 1 saturated heterocycles. The summed E-state index contributed by atoms with van der Waals surface area (Å²) in [6.07, 6.45) is 5.23. The Morgan fingerprint density at radius 2 is 2.50 bits per heavy atom. The van der Waals surface area contributed by atoms with E-state index in [9.17, 15) is 0 Å². The Morgan fingerprint density at radius 1 is 1.56 bits per heavy atom. The second-order valence-corrected chi connectivity index (χ2v) is 4.60. The van der Waals surface area contributed by atoms with Crippen molar-refractivity contribution in [3.05, 3.63) is 17.7 Å². The third-order valence-corrected chi connectivity index (χ3v) is 3.53. The zero-order valence-electron chi connectivity index (χ0n) is 9.28. The fraction of sp³-hybridized carbons (Fsp3) is 0.727. The zero-order valence-corrected chi connectivity index (χ0v) is 9.28. The fourth-order valence-corrected chi connectivity index (χ4v) is 2.70. The van der Waals surface area contributed by atoms with Crippen molar-refractivity contribution >= 4 is 0 Å². The fourth-order valence-electron chi connectivity index (χ4n) is 2.70. The number of rotatable bonds is 2. The summed E-state index contributed by atoms with van der Waals surface area (Å²) in [6.45, 7) is 1.53. The standard InChI is InChI=1S/C11H18N4O/c12-5-7-4-8-10(14-6-13-8)11(15-7)9-2-1-3-16-9/h6-7,9,11,15H,1-5,12H2,(H,13,14). The molecule has 0 radical (unpaired) electrons. The van der Waals surface area contributed by atoms with Gasteiger partial charge in [-0.25, -0.2) is 4.98 Å². The van der Waals surface area contributed by atoms with E-state index in [1.54, 1.807) is 6.33 Å². The van der Waals surface area contributed by atoms with Crippen LogP contribution >= 0.6 is 0 Å². The number of nitrogens with one attached hydrogen (secondary N) is 2. The summed E-state index contributed by atoms with van der Waals surface area (Å²) in [5.41, 5.74) is 8.09. The molecule has 3 unspecified atom stereocenters. The third kappa shape index (κ3) is 1.65. The Hall–Kier alpha value is -0.910. The Bertz CT molecular complexity index is 359. The minimum atomic E-state index is 0.214. The van der Waals surface area contributed by atoms with Crippen LogP contribution in [0.15, 0.2) is 6.33 Å². The lowest BCUT2D eigenvalue weighted by Gasteiger charge is -2.32. The smallest absolute Gasteiger partial charge is 0.0925 e. The van der Waals surface area contributed by atoms with Crippen molar-refractivity contribution in [3.63, 3.8) is 0 Å². The molecule has 5 nitrogen and oxygen atoms in total. The lowest BCUT2D eigenvalue weighted by Crippen LogP contribution is -2.47. The lowest BCUT2D eigenvalue weighted by molar-refractivity contribution is 0.0698. The summed E-state index contributed by atoms with van der Waals surface area (Å²) >= 11 is 0. The van der Waals surface area contributed by atoms with Crippen molar-refractivity contribution in [3.8, 4) is 0 Å². The summed E-state index contributed by atoms with van der Waals surface area (Å²) in [7, 11) is 0. The van der Waals surface area contributed by atoms with E-state index in [0.717, 1.165) is 31.6 Å². The van der Waals surface area contributed by atoms with Gasteiger partial charge >= 0.3 is 0 Å². The van der Waals surface area contributed by atoms with Gasteiger partial charge in [-0.1, -0.05) is 0 Å². The van der Waals surface area contributed by atoms with E-state index in [1.165, 1.54) is 5.69 Å². The minimum absolute atomic E-state index is 0.214. The van der Waals surface area contributed by atoms with E-state index in [-0.39, 0.29) is 12.1 Å². The van der Waals surface area contributed by atoms with Crippen LogP contribution in [0.25, 0.3) is 0 Å². The molecule has 0 amide bonds. The number of nitrogens with zero attached hydrogens (tertiary/aromatic N) is 1. The molecule has 0 bridgehead atoms. The number of hydrogen-bond donors (Lipinski definition) is 3. The van der Waals surface area contributed by atoms with E-state index in [0.29, 0.717) is 12.6 Å². The van der Waals surface area contributed by atoms with Crippen molar-refractivity contribution in [2.75, 3.05) is 13.2 Å². The molecular weight excluding hydrogens is 204 g/mol. The molecule has 1 aromatic heterocycles. The Balaban J connectivity index is 1.87. The summed E-state index contributed by atoms with van der Waals surface area (Å²) in [4.78, 5) is 7.63. The van der Waals surface area contributed by atoms with Gasteiger partial charge in [-0.05, 0) is 12.8 Å². The summed E-state index contributed by atoms with van der Waals surface area (Å²) < 4.78 is 5.75. The number of nitrogens with two attached hydrogens (primary N) is 1. The summed E-state index contributed by atoms with van der Waals surface area (Å²) in [5.74, 6) is 0. The largest absolute Gasteiger partial charge is 0.376 e. The van der Waals surface area contributed by atoms with Gasteiger partial charge in [0.2, 0.25) is 0 Å². The average molecular weight is 222 g/mol. The molecule has 0 spiro atoms. The lowest BCUT2D eigenvalue weighted by atomic mass is 9.94. The van der Waals surface area contributed by atoms with Crippen LogP contribution in [0.4, 0.5) is 0 Å². The third-order valence-electron chi connectivity index (χ3n) is 3.53. The van der Waals surface area contributed by atoms with Crippen molar-refractivity contribution < 1.29 is 4.74 Å². The van der Waals surface area contributed by atoms with Gasteiger partial charge in [0.25, 0.3) is 0 Å². The van der Waals surface area contributed by atoms with Crippen LogP contribution in [-0.2, 0) is 11.2 Å². The molecule has 88 valence electrons. The van der Waals surface area contributed by atoms with Gasteiger partial charge in [0, 0.05) is 31.3 Å². The van der Waals surface area contributed by atoms with Crippen LogP contribution in [-0.4, -0.2) is 35.3 Å². The summed E-state index contributed by atoms with van der Waals surface area (Å²) in [6, 6.07) is 0.549. The number of imidazole rings is 1. The van der Waals surface area contributed by atoms with Crippen molar-refractivity contribution in [2.24, 2.45) is 5.73 Å². The van der Waals surface area contributed by atoms with Gasteiger partial charge in [-0.15, -0.1) is 0 Å². The molecule has 1 aromatic rings. The molecule has 3 atom stereocenters. The maximum absolute atomic E-state index is 5.75. The van der Waals surface area contributed by atoms with Crippen molar-refractivity contribution in [2.45, 2.75) is 37.5 Å². The molecule has 2 aliphatic rings. The highest BCUT2D eigenvalue weighted by Crippen LogP contribution is 2.31. The number of fused-ring (bicyclic) bond motifs is 1. The van der Waals surface area contributed by atoms with Crippen molar-refractivity contribution in [1.82, 2.24) is 15.3 Å². The molecule has 4 N–H and O–H groups in total. The van der Waals surface area contributed by atoms with E-state index in [1.807, 2.05) is 0 Å². The second kappa shape index (κ2) is 4.16. The maximum atomic E-state index is 5.75. The predicted molar refractivity (Wildman–Crippen MR) is 60.0 cm³/mol. The normalized spacial score (nSPS) is 33.9. The van der Waals surface area contributed by atoms with E-state index < -0.39 is 0 Å². The molecule has 5 heteroatoms. The quantitative estimate of drug-likeness (QED) is 0.663. The molecule has 3 rings (SSSR count). The van der Waals surface area contributed by atoms with Gasteiger partial charge < -0.3 is 20.8 Å². The molecule has 0 aliphatic carbocycles. The molecule has 16 heavy (non-hydrogen) atoms. The maximum Gasteiger partial charge on any atom is 0.0925 e. The number of H-pyrrole nitrogens is 1. The molecular formula is C11H18N4O. The Kier molecular flexibility index (Phi) is 2.67. The first-order valence-corrected chi connectivity index (χ1v) is 5.98. The Morgan fingerprint density at radius 3 is 3.25 bits per heavy atom. The molecule has 3 heterocycles. The van der Waals surface area contributed by atoms with Gasteiger partial charge in [0.15, 0.2) is 0 Å². The zero-order chi connectivity index (χ0) is 11.0. The van der Waals surface area contributed by atoms with E-state index in [2.05, 4.69) is 15.3 Å². The SMILES string of the molecule is NCC1Cc2[nH]cnc2C(C2CCCO2)N1. The minimum Gasteiger partial charge on any atom is -0.376 e. The first kappa shape index (κ1) is 10.3. The molecule has 2 aliphatic heterocycles. The highest BCUT2D eigenvalue weighted by atomic mass is 16.5. The first-order chi connectivity index (χ1) is 7.88. The molecule has 1 fully saturated rings. The Labute approximate surface area is 94.8 Å². The molecule has 0 aromatic carbocycles. The first-order valence-electron chi connectivity index (χ1n) is 5.98. The van der Waals surface area contributed by atoms with Crippen LogP contribution in [0.1, 0.15) is 30.3 Å². The number of ether oxygens (including phenoxy) is 1. The number of hydrogen-bond acceptors (Lipinski definition) is 4. The topological polar surface area (TPSA) is 76.0 Å². The molecule has 0 saturated carbocycles. The number of aromatic nitrogens is 2. The highest BCUT2D eigenvalue weighted by Gasteiger charge is 2.35. The van der Waals surface area contributed by atoms with E-state index in [4.69, 9.17) is 10.5 Å². The second-order valence-electron chi connectivity index (χ2n) is 4.60. The van der Waals surface area contributed by atoms with Crippen molar-refractivity contribution in [1.29, 1.82) is 0 Å². The van der Waals surface area contributed by atoms with Crippen LogP contribution in [0, 0.1) is 0 Å².